The summed E-state index contributed by atoms with van der Waals surface area (Å²) in [6, 6.07) is 13.1. The first kappa shape index (κ1) is 20.3. The Balaban J connectivity index is 1.56. The van der Waals surface area contributed by atoms with Gasteiger partial charge in [0.15, 0.2) is 5.13 Å². The molecule has 0 aliphatic carbocycles. The zero-order valence-electron chi connectivity index (χ0n) is 16.7. The molecule has 0 radical (unpaired) electrons. The molecular formula is C22H15FN4O3S2. The van der Waals surface area contributed by atoms with Gasteiger partial charge in [-0.25, -0.2) is 18.7 Å². The van der Waals surface area contributed by atoms with E-state index in [4.69, 9.17) is 0 Å². The minimum absolute atomic E-state index is 0.245. The second-order valence-electron chi connectivity index (χ2n) is 7.11. The molecule has 0 fully saturated rings. The number of carbonyl (C=O) groups is 1. The normalized spacial score (nSPS) is 11.3. The molecule has 5 aromatic rings. The summed E-state index contributed by atoms with van der Waals surface area (Å²) >= 11 is 2.51. The molecule has 0 aliphatic rings. The minimum Gasteiger partial charge on any atom is -0.300 e. The van der Waals surface area contributed by atoms with E-state index in [1.165, 1.54) is 45.4 Å². The van der Waals surface area contributed by atoms with E-state index in [1.807, 2.05) is 24.3 Å². The Kier molecular flexibility index (Phi) is 4.95. The average Bonchev–Trinajstić information content (AvgIpc) is 3.40. The number of hydrogen-bond donors (Lipinski definition) is 1. The van der Waals surface area contributed by atoms with Crippen molar-refractivity contribution in [1.29, 1.82) is 0 Å². The molecule has 32 heavy (non-hydrogen) atoms. The van der Waals surface area contributed by atoms with E-state index in [0.29, 0.717) is 20.9 Å². The van der Waals surface area contributed by atoms with E-state index in [0.717, 1.165) is 14.8 Å². The fraction of sp³-hybridized carbons (Fsp3) is 0.0909. The molecule has 10 heteroatoms. The molecule has 0 saturated carbocycles. The molecule has 3 heterocycles. The molecule has 160 valence electrons. The van der Waals surface area contributed by atoms with Crippen LogP contribution < -0.4 is 16.6 Å². The molecule has 7 nitrogen and oxygen atoms in total. The smallest absolute Gasteiger partial charge is 0.300 e. The first-order chi connectivity index (χ1) is 15.4. The monoisotopic (exact) mass is 466 g/mol. The van der Waals surface area contributed by atoms with Crippen LogP contribution >= 0.6 is 22.7 Å². The van der Waals surface area contributed by atoms with Crippen molar-refractivity contribution in [3.63, 3.8) is 0 Å². The van der Waals surface area contributed by atoms with Crippen molar-refractivity contribution in [3.05, 3.63) is 86.1 Å². The summed E-state index contributed by atoms with van der Waals surface area (Å²) in [4.78, 5) is 43.4. The van der Waals surface area contributed by atoms with Crippen LogP contribution in [0.15, 0.2) is 63.5 Å². The second-order valence-corrected chi connectivity index (χ2v) is 9.06. The number of aryl methyl sites for hydroxylation is 1. The molecule has 0 atom stereocenters. The van der Waals surface area contributed by atoms with Crippen molar-refractivity contribution in [2.24, 2.45) is 0 Å². The molecule has 3 aromatic heterocycles. The van der Waals surface area contributed by atoms with Crippen LogP contribution in [0, 0.1) is 12.7 Å². The molecule has 2 aromatic carbocycles. The van der Waals surface area contributed by atoms with E-state index < -0.39 is 23.0 Å². The number of carbonyl (C=O) groups excluding carboxylic acids is 1. The number of benzene rings is 2. The lowest BCUT2D eigenvalue weighted by Gasteiger charge is -2.12. The van der Waals surface area contributed by atoms with Gasteiger partial charge in [-0.05, 0) is 54.3 Å². The molecule has 5 rings (SSSR count). The van der Waals surface area contributed by atoms with Gasteiger partial charge in [-0.15, -0.1) is 11.3 Å². The van der Waals surface area contributed by atoms with Gasteiger partial charge in [0.1, 0.15) is 17.1 Å². The number of thiophene rings is 1. The first-order valence-electron chi connectivity index (χ1n) is 9.57. The number of hydrogen-bond acceptors (Lipinski definition) is 6. The van der Waals surface area contributed by atoms with Crippen LogP contribution in [-0.2, 0) is 11.3 Å². The quantitative estimate of drug-likeness (QED) is 0.435. The van der Waals surface area contributed by atoms with Crippen molar-refractivity contribution in [2.75, 3.05) is 5.32 Å². The summed E-state index contributed by atoms with van der Waals surface area (Å²) in [6.45, 7) is 1.25. The predicted molar refractivity (Wildman–Crippen MR) is 125 cm³/mol. The van der Waals surface area contributed by atoms with Gasteiger partial charge < -0.3 is 5.32 Å². The maximum absolute atomic E-state index is 13.7. The summed E-state index contributed by atoms with van der Waals surface area (Å²) in [5.74, 6) is -0.881. The van der Waals surface area contributed by atoms with Gasteiger partial charge in [-0.1, -0.05) is 23.5 Å². The van der Waals surface area contributed by atoms with Gasteiger partial charge in [-0.3, -0.25) is 14.2 Å². The zero-order valence-corrected chi connectivity index (χ0v) is 18.3. The number of aromatic nitrogens is 3. The van der Waals surface area contributed by atoms with Gasteiger partial charge >= 0.3 is 5.69 Å². The molecule has 1 amide bonds. The lowest BCUT2D eigenvalue weighted by atomic mass is 10.2. The van der Waals surface area contributed by atoms with E-state index in [2.05, 4.69) is 10.3 Å². The standard InChI is InChI=1S/C22H15FN4O3S2/c1-12-10-13(6-7-14(12)23)27-20(29)19-16(8-9-31-19)26(22(27)30)11-18(28)25-21-24-15-4-2-3-5-17(15)32-21/h2-10H,11H2,1H3,(H,24,25,28). The number of amides is 1. The Morgan fingerprint density at radius 1 is 1.16 bits per heavy atom. The Morgan fingerprint density at radius 2 is 1.97 bits per heavy atom. The Bertz CT molecular complexity index is 1600. The van der Waals surface area contributed by atoms with Crippen molar-refractivity contribution in [1.82, 2.24) is 14.1 Å². The number of halogens is 1. The summed E-state index contributed by atoms with van der Waals surface area (Å²) in [6.07, 6.45) is 0. The zero-order chi connectivity index (χ0) is 22.4. The van der Waals surface area contributed by atoms with Gasteiger partial charge in [0.05, 0.1) is 21.4 Å². The third-order valence-corrected chi connectivity index (χ3v) is 6.84. The Labute approximate surface area is 188 Å². The molecule has 0 aliphatic heterocycles. The maximum Gasteiger partial charge on any atom is 0.336 e. The van der Waals surface area contributed by atoms with Crippen molar-refractivity contribution in [3.8, 4) is 5.69 Å². The fourth-order valence-corrected chi connectivity index (χ4v) is 5.17. The number of nitrogens with zero attached hydrogens (tertiary/aromatic N) is 3. The highest BCUT2D eigenvalue weighted by atomic mass is 32.1. The van der Waals surface area contributed by atoms with E-state index in [-0.39, 0.29) is 12.2 Å². The van der Waals surface area contributed by atoms with Gasteiger partial charge in [0.2, 0.25) is 5.91 Å². The maximum atomic E-state index is 13.7. The number of thiazole rings is 1. The number of para-hydroxylation sites is 1. The topological polar surface area (TPSA) is 86.0 Å². The summed E-state index contributed by atoms with van der Waals surface area (Å²) in [7, 11) is 0. The van der Waals surface area contributed by atoms with Crippen molar-refractivity contribution < 1.29 is 9.18 Å². The van der Waals surface area contributed by atoms with Crippen molar-refractivity contribution in [2.45, 2.75) is 13.5 Å². The average molecular weight is 467 g/mol. The molecule has 0 saturated heterocycles. The number of rotatable bonds is 4. The first-order valence-corrected chi connectivity index (χ1v) is 11.3. The van der Waals surface area contributed by atoms with Crippen molar-refractivity contribution >= 4 is 54.1 Å². The molecular weight excluding hydrogens is 451 g/mol. The third kappa shape index (κ3) is 3.43. The number of nitrogens with one attached hydrogen (secondary N) is 1. The minimum atomic E-state index is -0.675. The van der Waals surface area contributed by atoms with Crippen LogP contribution in [0.1, 0.15) is 5.56 Å². The lowest BCUT2D eigenvalue weighted by molar-refractivity contribution is -0.116. The number of fused-ring (bicyclic) bond motifs is 2. The molecule has 0 bridgehead atoms. The van der Waals surface area contributed by atoms with Crippen LogP contribution in [-0.4, -0.2) is 20.0 Å². The van der Waals surface area contributed by atoms with E-state index in [1.54, 1.807) is 18.4 Å². The predicted octanol–water partition coefficient (Wildman–Crippen LogP) is 3.91. The summed E-state index contributed by atoms with van der Waals surface area (Å²) < 4.78 is 17.2. The van der Waals surface area contributed by atoms with Gasteiger partial charge in [0.25, 0.3) is 5.56 Å². The largest absolute Gasteiger partial charge is 0.336 e. The van der Waals surface area contributed by atoms with E-state index >= 15 is 0 Å². The molecule has 0 spiro atoms. The SMILES string of the molecule is Cc1cc(-n2c(=O)c3sccc3n(CC(=O)Nc3nc4ccccc4s3)c2=O)ccc1F. The van der Waals surface area contributed by atoms with Crippen LogP contribution in [0.25, 0.3) is 26.1 Å². The number of anilines is 1. The fourth-order valence-electron chi connectivity index (χ4n) is 3.46. The van der Waals surface area contributed by atoms with Crippen LogP contribution in [0.4, 0.5) is 9.52 Å². The van der Waals surface area contributed by atoms with Gasteiger partial charge in [-0.2, -0.15) is 0 Å². The highest BCUT2D eigenvalue weighted by Crippen LogP contribution is 2.25. The Hall–Kier alpha value is -3.63. The summed E-state index contributed by atoms with van der Waals surface area (Å²) in [5, 5.41) is 4.84. The van der Waals surface area contributed by atoms with Crippen LogP contribution in [0.3, 0.4) is 0 Å². The van der Waals surface area contributed by atoms with Crippen LogP contribution in [0.2, 0.25) is 0 Å². The second kappa shape index (κ2) is 7.81. The highest BCUT2D eigenvalue weighted by molar-refractivity contribution is 7.22. The van der Waals surface area contributed by atoms with Gasteiger partial charge in [0, 0.05) is 0 Å². The molecule has 1 N–H and O–H groups in total. The lowest BCUT2D eigenvalue weighted by Crippen LogP contribution is -2.40. The van der Waals surface area contributed by atoms with Crippen LogP contribution in [0.5, 0.6) is 0 Å². The third-order valence-electron chi connectivity index (χ3n) is 5.00. The van der Waals surface area contributed by atoms with E-state index in [9.17, 15) is 18.8 Å². The molecule has 0 unspecified atom stereocenters. The summed E-state index contributed by atoms with van der Waals surface area (Å²) in [5.41, 5.74) is 0.514. The Morgan fingerprint density at radius 3 is 2.75 bits per heavy atom. The highest BCUT2D eigenvalue weighted by Gasteiger charge is 2.18.